The molecule has 1 aliphatic rings. The van der Waals surface area contributed by atoms with E-state index in [-0.39, 0.29) is 21.4 Å². The van der Waals surface area contributed by atoms with Gasteiger partial charge in [0.05, 0.1) is 15.2 Å². The molecular formula is C13H16ClN3O3S. The molecule has 1 aromatic carbocycles. The van der Waals surface area contributed by atoms with Crippen molar-refractivity contribution in [2.75, 3.05) is 0 Å². The second-order valence-corrected chi connectivity index (χ2v) is 7.54. The number of carbonyl (C=O) groups is 1. The summed E-state index contributed by atoms with van der Waals surface area (Å²) in [5, 5.41) is -0.341. The molecule has 0 atom stereocenters. The zero-order chi connectivity index (χ0) is 15.6. The third-order valence-electron chi connectivity index (χ3n) is 3.46. The van der Waals surface area contributed by atoms with E-state index in [0.29, 0.717) is 12.8 Å². The Bertz CT molecular complexity index is 691. The zero-order valence-electron chi connectivity index (χ0n) is 11.3. The maximum Gasteiger partial charge on any atom is 0.280 e. The van der Waals surface area contributed by atoms with Crippen molar-refractivity contribution >= 4 is 33.3 Å². The second-order valence-electron chi connectivity index (χ2n) is 4.94. The van der Waals surface area contributed by atoms with E-state index in [0.717, 1.165) is 12.8 Å². The molecule has 114 valence electrons. The highest BCUT2D eigenvalue weighted by Crippen LogP contribution is 2.33. The van der Waals surface area contributed by atoms with Crippen LogP contribution in [-0.4, -0.2) is 25.5 Å². The van der Waals surface area contributed by atoms with Gasteiger partial charge in [0.25, 0.3) is 5.91 Å². The van der Waals surface area contributed by atoms with Gasteiger partial charge in [0.2, 0.25) is 0 Å². The number of benzene rings is 1. The van der Waals surface area contributed by atoms with Gasteiger partial charge in [0.15, 0.2) is 15.8 Å². The van der Waals surface area contributed by atoms with E-state index < -0.39 is 21.0 Å². The molecule has 0 heterocycles. The maximum atomic E-state index is 12.6. The minimum absolute atomic E-state index is 0.0345. The molecule has 0 saturated heterocycles. The molecule has 4 N–H and O–H groups in total. The zero-order valence-corrected chi connectivity index (χ0v) is 12.8. The Labute approximate surface area is 128 Å². The van der Waals surface area contributed by atoms with Gasteiger partial charge in [-0.05, 0) is 31.0 Å². The molecule has 8 heteroatoms. The van der Waals surface area contributed by atoms with Gasteiger partial charge in [-0.15, -0.1) is 0 Å². The topological polar surface area (TPSA) is 116 Å². The summed E-state index contributed by atoms with van der Waals surface area (Å²) < 4.78 is 25.1. The van der Waals surface area contributed by atoms with Gasteiger partial charge in [-0.3, -0.25) is 4.79 Å². The van der Waals surface area contributed by atoms with E-state index in [1.54, 1.807) is 0 Å². The van der Waals surface area contributed by atoms with Crippen LogP contribution in [0.3, 0.4) is 0 Å². The van der Waals surface area contributed by atoms with E-state index in [1.807, 2.05) is 0 Å². The van der Waals surface area contributed by atoms with Crippen molar-refractivity contribution in [2.24, 2.45) is 16.5 Å². The number of carbonyl (C=O) groups excluding carboxylic acids is 1. The first-order chi connectivity index (χ1) is 9.82. The lowest BCUT2D eigenvalue weighted by Crippen LogP contribution is -2.24. The average Bonchev–Trinajstić information content (AvgIpc) is 2.92. The van der Waals surface area contributed by atoms with Crippen LogP contribution < -0.4 is 11.5 Å². The van der Waals surface area contributed by atoms with Gasteiger partial charge in [-0.25, -0.2) is 8.42 Å². The standard InChI is InChI=1S/C13H16ClN3O3S/c14-10-6-5-8(12(18)17-13(15)16)7-11(10)21(19,20)9-3-1-2-4-9/h5-7,9H,1-4H2,(H4,15,16,17,18). The van der Waals surface area contributed by atoms with Crippen LogP contribution in [0.4, 0.5) is 0 Å². The summed E-state index contributed by atoms with van der Waals surface area (Å²) >= 11 is 5.99. The van der Waals surface area contributed by atoms with Crippen molar-refractivity contribution in [1.82, 2.24) is 0 Å². The fourth-order valence-corrected chi connectivity index (χ4v) is 4.80. The summed E-state index contributed by atoms with van der Waals surface area (Å²) in [6.07, 6.45) is 3.00. The Balaban J connectivity index is 2.44. The third kappa shape index (κ3) is 3.36. The van der Waals surface area contributed by atoms with Crippen molar-refractivity contribution in [3.05, 3.63) is 28.8 Å². The molecule has 1 amide bonds. The number of amides is 1. The summed E-state index contributed by atoms with van der Waals surface area (Å²) in [4.78, 5) is 15.1. The van der Waals surface area contributed by atoms with Gasteiger partial charge < -0.3 is 11.5 Å². The second kappa shape index (κ2) is 6.03. The quantitative estimate of drug-likeness (QED) is 0.643. The smallest absolute Gasteiger partial charge is 0.280 e. The van der Waals surface area contributed by atoms with Crippen molar-refractivity contribution in [1.29, 1.82) is 0 Å². The van der Waals surface area contributed by atoms with Crippen LogP contribution in [0.25, 0.3) is 0 Å². The maximum absolute atomic E-state index is 12.6. The molecule has 0 spiro atoms. The number of hydrogen-bond acceptors (Lipinski definition) is 3. The summed E-state index contributed by atoms with van der Waals surface area (Å²) in [6, 6.07) is 4.01. The van der Waals surface area contributed by atoms with E-state index in [9.17, 15) is 13.2 Å². The molecule has 1 aromatic rings. The van der Waals surface area contributed by atoms with Crippen LogP contribution in [0.15, 0.2) is 28.1 Å². The third-order valence-corrected chi connectivity index (χ3v) is 6.20. The minimum atomic E-state index is -3.55. The van der Waals surface area contributed by atoms with Crippen molar-refractivity contribution < 1.29 is 13.2 Å². The Kier molecular flexibility index (Phi) is 4.53. The Morgan fingerprint density at radius 1 is 1.24 bits per heavy atom. The number of hydrogen-bond donors (Lipinski definition) is 2. The number of halogens is 1. The average molecular weight is 330 g/mol. The van der Waals surface area contributed by atoms with Gasteiger partial charge in [0.1, 0.15) is 0 Å². The van der Waals surface area contributed by atoms with Gasteiger partial charge in [-0.1, -0.05) is 24.4 Å². The minimum Gasteiger partial charge on any atom is -0.370 e. The lowest BCUT2D eigenvalue weighted by Gasteiger charge is -2.13. The van der Waals surface area contributed by atoms with Crippen LogP contribution in [0.5, 0.6) is 0 Å². The van der Waals surface area contributed by atoms with Crippen molar-refractivity contribution in [2.45, 2.75) is 35.8 Å². The lowest BCUT2D eigenvalue weighted by molar-refractivity contribution is 0.100. The first-order valence-electron chi connectivity index (χ1n) is 6.50. The summed E-state index contributed by atoms with van der Waals surface area (Å²) in [6.45, 7) is 0. The van der Waals surface area contributed by atoms with Crippen LogP contribution in [0.1, 0.15) is 36.0 Å². The molecule has 1 fully saturated rings. The normalized spacial score (nSPS) is 15.9. The van der Waals surface area contributed by atoms with Crippen LogP contribution >= 0.6 is 11.6 Å². The monoisotopic (exact) mass is 329 g/mol. The van der Waals surface area contributed by atoms with E-state index in [2.05, 4.69) is 4.99 Å². The number of sulfone groups is 1. The Hall–Kier alpha value is -1.60. The highest BCUT2D eigenvalue weighted by Gasteiger charge is 2.32. The predicted molar refractivity (Wildman–Crippen MR) is 81.0 cm³/mol. The highest BCUT2D eigenvalue weighted by molar-refractivity contribution is 7.92. The number of nitrogens with two attached hydrogens (primary N) is 2. The summed E-state index contributed by atoms with van der Waals surface area (Å²) in [7, 11) is -3.55. The van der Waals surface area contributed by atoms with Crippen molar-refractivity contribution in [3.63, 3.8) is 0 Å². The number of nitrogens with zero attached hydrogens (tertiary/aromatic N) is 1. The molecule has 0 unspecified atom stereocenters. The molecule has 1 saturated carbocycles. The van der Waals surface area contributed by atoms with Gasteiger partial charge >= 0.3 is 0 Å². The fourth-order valence-electron chi connectivity index (χ4n) is 2.41. The Morgan fingerprint density at radius 2 is 1.86 bits per heavy atom. The number of guanidine groups is 1. The first-order valence-corrected chi connectivity index (χ1v) is 8.42. The van der Waals surface area contributed by atoms with Crippen molar-refractivity contribution in [3.8, 4) is 0 Å². The van der Waals surface area contributed by atoms with Gasteiger partial charge in [0, 0.05) is 5.56 Å². The molecule has 0 aliphatic heterocycles. The van der Waals surface area contributed by atoms with Crippen LogP contribution in [0, 0.1) is 0 Å². The SMILES string of the molecule is NC(N)=NC(=O)c1ccc(Cl)c(S(=O)(=O)C2CCCC2)c1. The first kappa shape index (κ1) is 15.8. The Morgan fingerprint density at radius 3 is 2.43 bits per heavy atom. The highest BCUT2D eigenvalue weighted by atomic mass is 35.5. The fraction of sp³-hybridized carbons (Fsp3) is 0.385. The van der Waals surface area contributed by atoms with E-state index >= 15 is 0 Å². The molecule has 6 nitrogen and oxygen atoms in total. The number of rotatable bonds is 3. The molecule has 0 radical (unpaired) electrons. The number of aliphatic imine (C=N–C) groups is 1. The summed E-state index contributed by atoms with van der Waals surface area (Å²) in [5.74, 6) is -1.08. The summed E-state index contributed by atoms with van der Waals surface area (Å²) in [5.41, 5.74) is 10.4. The van der Waals surface area contributed by atoms with Crippen LogP contribution in [0.2, 0.25) is 5.02 Å². The van der Waals surface area contributed by atoms with Crippen LogP contribution in [-0.2, 0) is 9.84 Å². The molecular weight excluding hydrogens is 314 g/mol. The van der Waals surface area contributed by atoms with E-state index in [1.165, 1.54) is 18.2 Å². The molecule has 21 heavy (non-hydrogen) atoms. The lowest BCUT2D eigenvalue weighted by atomic mass is 10.2. The van der Waals surface area contributed by atoms with E-state index in [4.69, 9.17) is 23.1 Å². The molecule has 1 aliphatic carbocycles. The molecule has 0 bridgehead atoms. The molecule has 0 aromatic heterocycles. The largest absolute Gasteiger partial charge is 0.370 e. The molecule has 2 rings (SSSR count). The predicted octanol–water partition coefficient (Wildman–Crippen LogP) is 1.47. The van der Waals surface area contributed by atoms with Gasteiger partial charge in [-0.2, -0.15) is 4.99 Å².